The number of benzene rings is 1. The van der Waals surface area contributed by atoms with Crippen molar-refractivity contribution in [2.24, 2.45) is 5.92 Å². The zero-order chi connectivity index (χ0) is 12.7. The van der Waals surface area contributed by atoms with Crippen LogP contribution < -0.4 is 10.2 Å². The molecule has 1 aliphatic carbocycles. The van der Waals surface area contributed by atoms with E-state index in [9.17, 15) is 4.39 Å². The lowest BCUT2D eigenvalue weighted by atomic mass is 10.1. The van der Waals surface area contributed by atoms with Crippen LogP contribution in [0.1, 0.15) is 19.8 Å². The second-order valence-corrected chi connectivity index (χ2v) is 5.86. The lowest BCUT2D eigenvalue weighted by Gasteiger charge is -2.40. The van der Waals surface area contributed by atoms with E-state index in [0.717, 1.165) is 24.7 Å². The normalized spacial score (nSPS) is 28.5. The van der Waals surface area contributed by atoms with Gasteiger partial charge in [-0.2, -0.15) is 0 Å². The third-order valence-corrected chi connectivity index (χ3v) is 4.32. The zero-order valence-corrected chi connectivity index (χ0v) is 11.3. The molecule has 1 aromatic rings. The van der Waals surface area contributed by atoms with Crippen molar-refractivity contribution >= 4 is 17.3 Å². The number of nitrogens with zero attached hydrogens (tertiary/aromatic N) is 1. The highest BCUT2D eigenvalue weighted by Crippen LogP contribution is 2.35. The first kappa shape index (κ1) is 12.2. The Bertz CT molecular complexity index is 447. The van der Waals surface area contributed by atoms with E-state index in [1.807, 2.05) is 6.07 Å². The Morgan fingerprint density at radius 3 is 2.83 bits per heavy atom. The SMILES string of the molecule is CC1CNC(C2CC2)CN1c1ccc(F)c(Cl)c1. The van der Waals surface area contributed by atoms with Crippen LogP contribution >= 0.6 is 11.6 Å². The number of hydrogen-bond acceptors (Lipinski definition) is 2. The molecule has 2 aliphatic rings. The minimum absolute atomic E-state index is 0.209. The molecule has 1 aliphatic heterocycles. The van der Waals surface area contributed by atoms with Gasteiger partial charge in [-0.25, -0.2) is 4.39 Å². The second-order valence-electron chi connectivity index (χ2n) is 5.45. The van der Waals surface area contributed by atoms with E-state index in [-0.39, 0.29) is 10.8 Å². The maximum absolute atomic E-state index is 13.2. The summed E-state index contributed by atoms with van der Waals surface area (Å²) in [6.45, 7) is 4.16. The predicted octanol–water partition coefficient (Wildman–Crippen LogP) is 3.06. The van der Waals surface area contributed by atoms with Crippen LogP contribution in [0.5, 0.6) is 0 Å². The van der Waals surface area contributed by atoms with Crippen molar-refractivity contribution in [3.63, 3.8) is 0 Å². The molecule has 0 bridgehead atoms. The molecule has 1 heterocycles. The van der Waals surface area contributed by atoms with Crippen LogP contribution in [-0.4, -0.2) is 25.2 Å². The highest BCUT2D eigenvalue weighted by molar-refractivity contribution is 6.31. The Hall–Kier alpha value is -0.800. The third kappa shape index (κ3) is 2.34. The fourth-order valence-electron chi connectivity index (χ4n) is 2.73. The molecule has 2 nitrogen and oxygen atoms in total. The van der Waals surface area contributed by atoms with E-state index in [1.54, 1.807) is 6.07 Å². The van der Waals surface area contributed by atoms with Gasteiger partial charge >= 0.3 is 0 Å². The van der Waals surface area contributed by atoms with Gasteiger partial charge in [-0.05, 0) is 43.9 Å². The Morgan fingerprint density at radius 1 is 1.39 bits per heavy atom. The Balaban J connectivity index is 1.81. The molecule has 2 fully saturated rings. The van der Waals surface area contributed by atoms with Gasteiger partial charge < -0.3 is 10.2 Å². The smallest absolute Gasteiger partial charge is 0.141 e. The maximum atomic E-state index is 13.2. The molecule has 1 aromatic carbocycles. The molecule has 2 unspecified atom stereocenters. The van der Waals surface area contributed by atoms with Gasteiger partial charge in [0.15, 0.2) is 0 Å². The summed E-state index contributed by atoms with van der Waals surface area (Å²) in [7, 11) is 0. The molecular weight excluding hydrogens is 251 g/mol. The van der Waals surface area contributed by atoms with Crippen LogP contribution in [0, 0.1) is 11.7 Å². The van der Waals surface area contributed by atoms with Crippen LogP contribution in [0.2, 0.25) is 5.02 Å². The van der Waals surface area contributed by atoms with Crippen molar-refractivity contribution in [2.45, 2.75) is 31.8 Å². The molecule has 98 valence electrons. The van der Waals surface area contributed by atoms with Crippen LogP contribution in [0.25, 0.3) is 0 Å². The van der Waals surface area contributed by atoms with Gasteiger partial charge in [0.05, 0.1) is 5.02 Å². The van der Waals surface area contributed by atoms with Crippen molar-refractivity contribution in [3.05, 3.63) is 29.0 Å². The first-order valence-electron chi connectivity index (χ1n) is 6.60. The number of rotatable bonds is 2. The highest BCUT2D eigenvalue weighted by Gasteiger charge is 2.36. The van der Waals surface area contributed by atoms with Gasteiger partial charge in [0.25, 0.3) is 0 Å². The van der Waals surface area contributed by atoms with Crippen molar-refractivity contribution in [3.8, 4) is 0 Å². The van der Waals surface area contributed by atoms with E-state index >= 15 is 0 Å². The Morgan fingerprint density at radius 2 is 2.17 bits per heavy atom. The van der Waals surface area contributed by atoms with Crippen molar-refractivity contribution in [2.75, 3.05) is 18.0 Å². The third-order valence-electron chi connectivity index (χ3n) is 4.03. The van der Waals surface area contributed by atoms with Gasteiger partial charge in [-0.1, -0.05) is 11.6 Å². The summed E-state index contributed by atoms with van der Waals surface area (Å²) in [4.78, 5) is 2.34. The van der Waals surface area contributed by atoms with Crippen molar-refractivity contribution in [1.29, 1.82) is 0 Å². The molecule has 1 N–H and O–H groups in total. The Kier molecular flexibility index (Phi) is 3.20. The number of nitrogens with one attached hydrogen (secondary N) is 1. The fourth-order valence-corrected chi connectivity index (χ4v) is 2.90. The minimum Gasteiger partial charge on any atom is -0.366 e. The van der Waals surface area contributed by atoms with E-state index < -0.39 is 0 Å². The average Bonchev–Trinajstić information content (AvgIpc) is 3.18. The lowest BCUT2D eigenvalue weighted by Crippen LogP contribution is -2.56. The molecule has 1 saturated carbocycles. The zero-order valence-electron chi connectivity index (χ0n) is 10.5. The van der Waals surface area contributed by atoms with Gasteiger partial charge in [-0.3, -0.25) is 0 Å². The average molecular weight is 269 g/mol. The molecule has 0 amide bonds. The monoisotopic (exact) mass is 268 g/mol. The summed E-state index contributed by atoms with van der Waals surface area (Å²) in [5, 5.41) is 3.82. The molecule has 0 aromatic heterocycles. The van der Waals surface area contributed by atoms with Crippen molar-refractivity contribution in [1.82, 2.24) is 5.32 Å². The molecule has 0 radical (unpaired) electrons. The summed E-state index contributed by atoms with van der Waals surface area (Å²) in [6, 6.07) is 6.01. The number of anilines is 1. The predicted molar refractivity (Wildman–Crippen MR) is 72.7 cm³/mol. The van der Waals surface area contributed by atoms with Gasteiger partial charge in [0, 0.05) is 30.9 Å². The molecule has 4 heteroatoms. The minimum atomic E-state index is -0.345. The maximum Gasteiger partial charge on any atom is 0.141 e. The van der Waals surface area contributed by atoms with E-state index in [1.165, 1.54) is 18.9 Å². The standard InChI is InChI=1S/C14H18ClFN2/c1-9-7-17-14(10-2-3-10)8-18(9)11-4-5-13(16)12(15)6-11/h4-6,9-10,14,17H,2-3,7-8H2,1H3. The first-order chi connectivity index (χ1) is 8.65. The summed E-state index contributed by atoms with van der Waals surface area (Å²) < 4.78 is 13.2. The molecule has 3 rings (SSSR count). The second kappa shape index (κ2) is 4.71. The summed E-state index contributed by atoms with van der Waals surface area (Å²) in [6.07, 6.45) is 2.67. The van der Waals surface area contributed by atoms with Crippen LogP contribution in [0.15, 0.2) is 18.2 Å². The fraction of sp³-hybridized carbons (Fsp3) is 0.571. The summed E-state index contributed by atoms with van der Waals surface area (Å²) in [5.74, 6) is 0.484. The van der Waals surface area contributed by atoms with E-state index in [4.69, 9.17) is 11.6 Å². The van der Waals surface area contributed by atoms with Crippen LogP contribution in [0.4, 0.5) is 10.1 Å². The van der Waals surface area contributed by atoms with Gasteiger partial charge in [0.2, 0.25) is 0 Å². The molecule has 18 heavy (non-hydrogen) atoms. The molecule has 1 saturated heterocycles. The summed E-state index contributed by atoms with van der Waals surface area (Å²) in [5.41, 5.74) is 1.03. The molecular formula is C14H18ClFN2. The van der Waals surface area contributed by atoms with Gasteiger partial charge in [0.1, 0.15) is 5.82 Å². The van der Waals surface area contributed by atoms with Gasteiger partial charge in [-0.15, -0.1) is 0 Å². The van der Waals surface area contributed by atoms with Crippen LogP contribution in [0.3, 0.4) is 0 Å². The van der Waals surface area contributed by atoms with E-state index in [0.29, 0.717) is 12.1 Å². The quantitative estimate of drug-likeness (QED) is 0.887. The topological polar surface area (TPSA) is 15.3 Å². The molecule has 2 atom stereocenters. The largest absolute Gasteiger partial charge is 0.366 e. The molecule has 0 spiro atoms. The first-order valence-corrected chi connectivity index (χ1v) is 6.98. The number of halogens is 2. The highest BCUT2D eigenvalue weighted by atomic mass is 35.5. The number of piperazine rings is 1. The Labute approximate surface area is 112 Å². The van der Waals surface area contributed by atoms with Crippen LogP contribution in [-0.2, 0) is 0 Å². The van der Waals surface area contributed by atoms with E-state index in [2.05, 4.69) is 17.1 Å². The summed E-state index contributed by atoms with van der Waals surface area (Å²) >= 11 is 5.87. The van der Waals surface area contributed by atoms with Crippen molar-refractivity contribution < 1.29 is 4.39 Å². The number of hydrogen-bond donors (Lipinski definition) is 1. The lowest BCUT2D eigenvalue weighted by molar-refractivity contribution is 0.376.